The van der Waals surface area contributed by atoms with Gasteiger partial charge in [0.05, 0.1) is 10.5 Å². The fourth-order valence-electron chi connectivity index (χ4n) is 2.10. The Morgan fingerprint density at radius 3 is 2.43 bits per heavy atom. The molecular formula is C15H26N2O3S. The van der Waals surface area contributed by atoms with Crippen LogP contribution in [0.1, 0.15) is 38.8 Å². The van der Waals surface area contributed by atoms with E-state index >= 15 is 0 Å². The number of ether oxygens (including phenoxy) is 1. The summed E-state index contributed by atoms with van der Waals surface area (Å²) in [6.45, 7) is 8.69. The van der Waals surface area contributed by atoms with Crippen LogP contribution in [-0.2, 0) is 27.7 Å². The van der Waals surface area contributed by atoms with Crippen molar-refractivity contribution in [2.24, 2.45) is 5.73 Å². The maximum atomic E-state index is 12.3. The lowest BCUT2D eigenvalue weighted by Crippen LogP contribution is -2.40. The number of benzene rings is 1. The molecule has 0 bridgehead atoms. The van der Waals surface area contributed by atoms with Crippen LogP contribution in [0.3, 0.4) is 0 Å². The van der Waals surface area contributed by atoms with Crippen molar-refractivity contribution in [2.75, 3.05) is 13.2 Å². The molecule has 0 saturated heterocycles. The molecule has 0 heterocycles. The van der Waals surface area contributed by atoms with Crippen molar-refractivity contribution in [3.05, 3.63) is 29.3 Å². The third-order valence-corrected chi connectivity index (χ3v) is 4.71. The molecule has 0 aliphatic rings. The van der Waals surface area contributed by atoms with E-state index in [-0.39, 0.29) is 11.4 Å². The van der Waals surface area contributed by atoms with Crippen LogP contribution in [0.2, 0.25) is 0 Å². The molecule has 0 fully saturated rings. The van der Waals surface area contributed by atoms with Gasteiger partial charge in [0.2, 0.25) is 10.0 Å². The van der Waals surface area contributed by atoms with Crippen LogP contribution in [0.5, 0.6) is 0 Å². The smallest absolute Gasteiger partial charge is 0.240 e. The third-order valence-electron chi connectivity index (χ3n) is 3.31. The average molecular weight is 314 g/mol. The number of nitrogens with two attached hydrogens (primary N) is 1. The first kappa shape index (κ1) is 18.1. The van der Waals surface area contributed by atoms with E-state index in [2.05, 4.69) is 4.72 Å². The monoisotopic (exact) mass is 314 g/mol. The third kappa shape index (κ3) is 5.07. The fourth-order valence-corrected chi connectivity index (χ4v) is 3.35. The highest BCUT2D eigenvalue weighted by atomic mass is 32.2. The van der Waals surface area contributed by atoms with Gasteiger partial charge in [-0.3, -0.25) is 0 Å². The van der Waals surface area contributed by atoms with Crippen LogP contribution in [0.25, 0.3) is 0 Å². The molecule has 0 aliphatic carbocycles. The van der Waals surface area contributed by atoms with Gasteiger partial charge in [0.1, 0.15) is 0 Å². The second-order valence-electron chi connectivity index (χ2n) is 5.51. The zero-order valence-electron chi connectivity index (χ0n) is 13.3. The van der Waals surface area contributed by atoms with Gasteiger partial charge in [-0.15, -0.1) is 0 Å². The van der Waals surface area contributed by atoms with Crippen molar-refractivity contribution in [2.45, 2.75) is 51.2 Å². The van der Waals surface area contributed by atoms with Crippen LogP contribution in [0.15, 0.2) is 23.1 Å². The van der Waals surface area contributed by atoms with E-state index in [0.717, 1.165) is 17.5 Å². The molecule has 6 heteroatoms. The summed E-state index contributed by atoms with van der Waals surface area (Å²) < 4.78 is 32.8. The first-order chi connectivity index (χ1) is 9.75. The molecule has 120 valence electrons. The number of hydrogen-bond donors (Lipinski definition) is 2. The molecule has 0 aromatic heterocycles. The van der Waals surface area contributed by atoms with E-state index in [0.29, 0.717) is 13.2 Å². The predicted molar refractivity (Wildman–Crippen MR) is 84.6 cm³/mol. The summed E-state index contributed by atoms with van der Waals surface area (Å²) in [6.07, 6.45) is 0.831. The largest absolute Gasteiger partial charge is 0.375 e. The van der Waals surface area contributed by atoms with Gasteiger partial charge in [-0.1, -0.05) is 13.0 Å². The van der Waals surface area contributed by atoms with Crippen molar-refractivity contribution in [3.63, 3.8) is 0 Å². The Morgan fingerprint density at radius 2 is 1.90 bits per heavy atom. The maximum absolute atomic E-state index is 12.3. The SMILES string of the molecule is CCOC(C)(C)CNS(=O)(=O)c1ccc(CC)c(CN)c1. The van der Waals surface area contributed by atoms with E-state index in [1.165, 1.54) is 0 Å². The molecule has 1 aromatic carbocycles. The molecule has 0 amide bonds. The Kier molecular flexibility index (Phi) is 6.34. The highest BCUT2D eigenvalue weighted by molar-refractivity contribution is 7.89. The molecule has 0 atom stereocenters. The van der Waals surface area contributed by atoms with Gasteiger partial charge in [-0.2, -0.15) is 0 Å². The first-order valence-corrected chi connectivity index (χ1v) is 8.69. The van der Waals surface area contributed by atoms with Crippen molar-refractivity contribution in [1.29, 1.82) is 0 Å². The summed E-state index contributed by atoms with van der Waals surface area (Å²) in [5.74, 6) is 0. The van der Waals surface area contributed by atoms with Crippen molar-refractivity contribution < 1.29 is 13.2 Å². The molecule has 1 rings (SSSR count). The number of hydrogen-bond acceptors (Lipinski definition) is 4. The van der Waals surface area contributed by atoms with Crippen LogP contribution in [0, 0.1) is 0 Å². The molecule has 0 unspecified atom stereocenters. The summed E-state index contributed by atoms with van der Waals surface area (Å²) in [4.78, 5) is 0.243. The van der Waals surface area contributed by atoms with Crippen molar-refractivity contribution >= 4 is 10.0 Å². The van der Waals surface area contributed by atoms with E-state index in [1.807, 2.05) is 33.8 Å². The van der Waals surface area contributed by atoms with Gasteiger partial charge < -0.3 is 10.5 Å². The Balaban J connectivity index is 2.93. The molecule has 0 radical (unpaired) electrons. The lowest BCUT2D eigenvalue weighted by Gasteiger charge is -2.24. The van der Waals surface area contributed by atoms with Crippen LogP contribution < -0.4 is 10.5 Å². The number of aryl methyl sites for hydroxylation is 1. The average Bonchev–Trinajstić information content (AvgIpc) is 2.44. The standard InChI is InChI=1S/C15H26N2O3S/c1-5-12-7-8-14(9-13(12)10-16)21(18,19)17-11-15(3,4)20-6-2/h7-9,17H,5-6,10-11,16H2,1-4H3. The van der Waals surface area contributed by atoms with Crippen LogP contribution >= 0.6 is 0 Å². The number of nitrogens with one attached hydrogen (secondary N) is 1. The molecule has 0 spiro atoms. The van der Waals surface area contributed by atoms with E-state index in [4.69, 9.17) is 10.5 Å². The van der Waals surface area contributed by atoms with E-state index in [1.54, 1.807) is 12.1 Å². The summed E-state index contributed by atoms with van der Waals surface area (Å²) >= 11 is 0. The summed E-state index contributed by atoms with van der Waals surface area (Å²) in [5, 5.41) is 0. The zero-order valence-corrected chi connectivity index (χ0v) is 14.1. The molecular weight excluding hydrogens is 288 g/mol. The van der Waals surface area contributed by atoms with Gasteiger partial charge in [-0.25, -0.2) is 13.1 Å². The lowest BCUT2D eigenvalue weighted by atomic mass is 10.1. The van der Waals surface area contributed by atoms with Gasteiger partial charge in [0, 0.05) is 19.7 Å². The molecule has 3 N–H and O–H groups in total. The van der Waals surface area contributed by atoms with Gasteiger partial charge >= 0.3 is 0 Å². The first-order valence-electron chi connectivity index (χ1n) is 7.21. The molecule has 5 nitrogen and oxygen atoms in total. The minimum Gasteiger partial charge on any atom is -0.375 e. The summed E-state index contributed by atoms with van der Waals surface area (Å²) in [5.41, 5.74) is 7.09. The quantitative estimate of drug-likeness (QED) is 0.766. The van der Waals surface area contributed by atoms with Crippen molar-refractivity contribution in [1.82, 2.24) is 4.72 Å². The van der Waals surface area contributed by atoms with E-state index in [9.17, 15) is 8.42 Å². The second kappa shape index (κ2) is 7.35. The Hall–Kier alpha value is -0.950. The molecule has 0 saturated carbocycles. The Morgan fingerprint density at radius 1 is 1.24 bits per heavy atom. The molecule has 0 aliphatic heterocycles. The zero-order chi connectivity index (χ0) is 16.1. The summed E-state index contributed by atoms with van der Waals surface area (Å²) in [6, 6.07) is 5.09. The van der Waals surface area contributed by atoms with Gasteiger partial charge in [-0.05, 0) is 50.5 Å². The summed E-state index contributed by atoms with van der Waals surface area (Å²) in [7, 11) is -3.55. The predicted octanol–water partition coefficient (Wildman–Crippen LogP) is 1.80. The van der Waals surface area contributed by atoms with Gasteiger partial charge in [0.15, 0.2) is 0 Å². The highest BCUT2D eigenvalue weighted by Crippen LogP contribution is 2.17. The Labute approximate surface area is 127 Å². The fraction of sp³-hybridized carbons (Fsp3) is 0.600. The minimum atomic E-state index is -3.55. The second-order valence-corrected chi connectivity index (χ2v) is 7.27. The normalized spacial score (nSPS) is 12.6. The van der Waals surface area contributed by atoms with Crippen LogP contribution in [0.4, 0.5) is 0 Å². The highest BCUT2D eigenvalue weighted by Gasteiger charge is 2.22. The topological polar surface area (TPSA) is 81.4 Å². The lowest BCUT2D eigenvalue weighted by molar-refractivity contribution is -0.00515. The maximum Gasteiger partial charge on any atom is 0.240 e. The Bertz CT molecular complexity index is 568. The molecule has 21 heavy (non-hydrogen) atoms. The van der Waals surface area contributed by atoms with Gasteiger partial charge in [0.25, 0.3) is 0 Å². The number of rotatable bonds is 8. The van der Waals surface area contributed by atoms with Crippen molar-refractivity contribution in [3.8, 4) is 0 Å². The minimum absolute atomic E-state index is 0.219. The molecule has 1 aromatic rings. The van der Waals surface area contributed by atoms with E-state index < -0.39 is 15.6 Å². The number of sulfonamides is 1. The van der Waals surface area contributed by atoms with Crippen LogP contribution in [-0.4, -0.2) is 27.2 Å².